The van der Waals surface area contributed by atoms with E-state index in [1.54, 1.807) is 12.3 Å². The van der Waals surface area contributed by atoms with Gasteiger partial charge in [0, 0.05) is 34.4 Å². The molecule has 2 rings (SSSR count). The van der Waals surface area contributed by atoms with Gasteiger partial charge in [0.15, 0.2) is 0 Å². The number of carbonyl (C=O) groups excluding carboxylic acids is 1. The monoisotopic (exact) mass is 323 g/mol. The molecule has 112 valence electrons. The third-order valence-electron chi connectivity index (χ3n) is 2.68. The van der Waals surface area contributed by atoms with Gasteiger partial charge in [-0.2, -0.15) is 0 Å². The third-order valence-corrected chi connectivity index (χ3v) is 4.65. The summed E-state index contributed by atoms with van der Waals surface area (Å²) in [4.78, 5) is 12.1. The van der Waals surface area contributed by atoms with E-state index >= 15 is 0 Å². The number of nitrogens with one attached hydrogen (secondary N) is 1. The van der Waals surface area contributed by atoms with Crippen LogP contribution in [0.2, 0.25) is 0 Å². The fourth-order valence-electron chi connectivity index (χ4n) is 1.72. The summed E-state index contributed by atoms with van der Waals surface area (Å²) in [6, 6.07) is 7.34. The SMILES string of the molecule is CC(C)c1nnc(C(=O)Nc2cccc(C[S@@](C)=O)c2)s1. The van der Waals surface area contributed by atoms with Crippen molar-refractivity contribution in [1.82, 2.24) is 10.2 Å². The van der Waals surface area contributed by atoms with E-state index in [4.69, 9.17) is 0 Å². The first-order valence-electron chi connectivity index (χ1n) is 6.49. The van der Waals surface area contributed by atoms with E-state index in [1.807, 2.05) is 32.0 Å². The maximum atomic E-state index is 12.1. The molecule has 1 aromatic heterocycles. The molecule has 0 aliphatic rings. The summed E-state index contributed by atoms with van der Waals surface area (Å²) in [6.45, 7) is 4.02. The van der Waals surface area contributed by atoms with Crippen molar-refractivity contribution in [2.45, 2.75) is 25.5 Å². The Balaban J connectivity index is 2.09. The van der Waals surface area contributed by atoms with Gasteiger partial charge in [0.05, 0.1) is 0 Å². The largest absolute Gasteiger partial charge is 0.320 e. The molecule has 2 aromatic rings. The minimum absolute atomic E-state index is 0.256. The van der Waals surface area contributed by atoms with Gasteiger partial charge in [-0.25, -0.2) is 0 Å². The lowest BCUT2D eigenvalue weighted by molar-refractivity contribution is 0.102. The van der Waals surface area contributed by atoms with E-state index < -0.39 is 10.8 Å². The van der Waals surface area contributed by atoms with Gasteiger partial charge in [0.2, 0.25) is 5.01 Å². The number of anilines is 1. The molecule has 21 heavy (non-hydrogen) atoms. The van der Waals surface area contributed by atoms with Crippen molar-refractivity contribution in [2.24, 2.45) is 0 Å². The number of hydrogen-bond acceptors (Lipinski definition) is 5. The number of amides is 1. The zero-order valence-electron chi connectivity index (χ0n) is 12.1. The van der Waals surface area contributed by atoms with Gasteiger partial charge in [0.1, 0.15) is 5.01 Å². The molecular formula is C14H17N3O2S2. The van der Waals surface area contributed by atoms with E-state index in [-0.39, 0.29) is 11.8 Å². The minimum atomic E-state index is -0.908. The third kappa shape index (κ3) is 4.44. The molecule has 0 saturated heterocycles. The predicted octanol–water partition coefficient (Wildman–Crippen LogP) is 2.79. The number of benzene rings is 1. The highest BCUT2D eigenvalue weighted by Gasteiger charge is 2.14. The van der Waals surface area contributed by atoms with Crippen molar-refractivity contribution in [1.29, 1.82) is 0 Å². The molecule has 5 nitrogen and oxygen atoms in total. The molecule has 0 aliphatic carbocycles. The average molecular weight is 323 g/mol. The van der Waals surface area contributed by atoms with Gasteiger partial charge in [-0.05, 0) is 17.7 Å². The lowest BCUT2D eigenvalue weighted by Crippen LogP contribution is -2.11. The second-order valence-corrected chi connectivity index (χ2v) is 7.42. The van der Waals surface area contributed by atoms with E-state index in [1.165, 1.54) is 11.3 Å². The van der Waals surface area contributed by atoms with Crippen LogP contribution in [0.3, 0.4) is 0 Å². The van der Waals surface area contributed by atoms with Crippen LogP contribution in [0, 0.1) is 0 Å². The lowest BCUT2D eigenvalue weighted by Gasteiger charge is -2.05. The number of carbonyl (C=O) groups is 1. The van der Waals surface area contributed by atoms with Crippen LogP contribution in [0.15, 0.2) is 24.3 Å². The van der Waals surface area contributed by atoms with Gasteiger partial charge < -0.3 is 5.32 Å². The Morgan fingerprint density at radius 2 is 2.14 bits per heavy atom. The number of hydrogen-bond donors (Lipinski definition) is 1. The number of rotatable bonds is 5. The summed E-state index contributed by atoms with van der Waals surface area (Å²) in [5.74, 6) is 0.459. The Kier molecular flexibility index (Phi) is 5.19. The highest BCUT2D eigenvalue weighted by atomic mass is 32.2. The van der Waals surface area contributed by atoms with Crippen LogP contribution in [0.25, 0.3) is 0 Å². The molecule has 0 fully saturated rings. The minimum Gasteiger partial charge on any atom is -0.320 e. The molecule has 0 unspecified atom stereocenters. The molecule has 1 atom stereocenters. The van der Waals surface area contributed by atoms with Crippen molar-refractivity contribution >= 4 is 33.7 Å². The second kappa shape index (κ2) is 6.91. The van der Waals surface area contributed by atoms with Crippen molar-refractivity contribution in [3.05, 3.63) is 39.8 Å². The van der Waals surface area contributed by atoms with Gasteiger partial charge in [-0.15, -0.1) is 10.2 Å². The molecule has 1 aromatic carbocycles. The smallest absolute Gasteiger partial charge is 0.286 e. The molecule has 0 spiro atoms. The molecule has 0 bridgehead atoms. The van der Waals surface area contributed by atoms with Crippen molar-refractivity contribution < 1.29 is 9.00 Å². The molecule has 1 N–H and O–H groups in total. The van der Waals surface area contributed by atoms with Crippen LogP contribution < -0.4 is 5.32 Å². The zero-order chi connectivity index (χ0) is 15.4. The Bertz CT molecular complexity index is 668. The standard InChI is InChI=1S/C14H17N3O2S2/c1-9(2)13-16-17-14(20-13)12(18)15-11-6-4-5-10(7-11)8-21(3)19/h4-7,9H,8H2,1-3H3,(H,15,18)/t21-/m1/s1. The van der Waals surface area contributed by atoms with Crippen LogP contribution in [0.4, 0.5) is 5.69 Å². The topological polar surface area (TPSA) is 72.0 Å². The number of nitrogens with zero attached hydrogens (tertiary/aromatic N) is 2. The average Bonchev–Trinajstić information content (AvgIpc) is 2.88. The molecule has 0 aliphatic heterocycles. The Morgan fingerprint density at radius 1 is 1.38 bits per heavy atom. The normalized spacial score (nSPS) is 12.4. The molecule has 1 amide bonds. The molecule has 1 heterocycles. The highest BCUT2D eigenvalue weighted by Crippen LogP contribution is 2.20. The fourth-order valence-corrected chi connectivity index (χ4v) is 3.11. The first kappa shape index (κ1) is 15.8. The summed E-state index contributed by atoms with van der Waals surface area (Å²) in [5, 5.41) is 11.9. The molecule has 0 saturated carbocycles. The summed E-state index contributed by atoms with van der Waals surface area (Å²) in [5.41, 5.74) is 1.60. The van der Waals surface area contributed by atoms with Gasteiger partial charge in [0.25, 0.3) is 5.91 Å². The van der Waals surface area contributed by atoms with E-state index in [2.05, 4.69) is 15.5 Å². The van der Waals surface area contributed by atoms with Gasteiger partial charge >= 0.3 is 0 Å². The lowest BCUT2D eigenvalue weighted by atomic mass is 10.2. The predicted molar refractivity (Wildman–Crippen MR) is 86.2 cm³/mol. The zero-order valence-corrected chi connectivity index (χ0v) is 13.8. The highest BCUT2D eigenvalue weighted by molar-refractivity contribution is 7.83. The summed E-state index contributed by atoms with van der Waals surface area (Å²) in [6.07, 6.45) is 1.65. The van der Waals surface area contributed by atoms with Crippen molar-refractivity contribution in [3.8, 4) is 0 Å². The maximum absolute atomic E-state index is 12.1. The molecule has 0 radical (unpaired) electrons. The van der Waals surface area contributed by atoms with Crippen molar-refractivity contribution in [2.75, 3.05) is 11.6 Å². The quantitative estimate of drug-likeness (QED) is 0.918. The summed E-state index contributed by atoms with van der Waals surface area (Å²) >= 11 is 1.30. The first-order chi connectivity index (χ1) is 9.95. The molecule has 7 heteroatoms. The van der Waals surface area contributed by atoms with E-state index in [9.17, 15) is 9.00 Å². The summed E-state index contributed by atoms with van der Waals surface area (Å²) < 4.78 is 11.2. The Labute approximate surface area is 130 Å². The van der Waals surface area contributed by atoms with Crippen LogP contribution >= 0.6 is 11.3 Å². The second-order valence-electron chi connectivity index (χ2n) is 4.97. The number of aromatic nitrogens is 2. The molecular weight excluding hydrogens is 306 g/mol. The summed E-state index contributed by atoms with van der Waals surface area (Å²) in [7, 11) is -0.908. The van der Waals surface area contributed by atoms with E-state index in [0.717, 1.165) is 10.6 Å². The fraction of sp³-hybridized carbons (Fsp3) is 0.357. The maximum Gasteiger partial charge on any atom is 0.286 e. The first-order valence-corrected chi connectivity index (χ1v) is 9.04. The van der Waals surface area contributed by atoms with Crippen molar-refractivity contribution in [3.63, 3.8) is 0 Å². The van der Waals surface area contributed by atoms with Crippen LogP contribution in [0.1, 0.15) is 40.1 Å². The van der Waals surface area contributed by atoms with Crippen LogP contribution in [-0.2, 0) is 16.6 Å². The van der Waals surface area contributed by atoms with Gasteiger partial charge in [-0.3, -0.25) is 9.00 Å². The van der Waals surface area contributed by atoms with E-state index in [0.29, 0.717) is 16.4 Å². The van der Waals surface area contributed by atoms with Gasteiger partial charge in [-0.1, -0.05) is 37.3 Å². The van der Waals surface area contributed by atoms with Crippen LogP contribution in [0.5, 0.6) is 0 Å². The van der Waals surface area contributed by atoms with Crippen LogP contribution in [-0.4, -0.2) is 26.6 Å². The Morgan fingerprint density at radius 3 is 2.76 bits per heavy atom. The Hall–Kier alpha value is -1.60.